The molecule has 1 unspecified atom stereocenters. The Morgan fingerprint density at radius 1 is 1.41 bits per heavy atom. The fraction of sp³-hybridized carbons (Fsp3) is 0.308. The van der Waals surface area contributed by atoms with Gasteiger partial charge in [0.05, 0.1) is 6.04 Å². The predicted molar refractivity (Wildman–Crippen MR) is 78.0 cm³/mol. The van der Waals surface area contributed by atoms with Crippen LogP contribution in [0.4, 0.5) is 5.82 Å². The van der Waals surface area contributed by atoms with Gasteiger partial charge in [-0.05, 0) is 30.0 Å². The van der Waals surface area contributed by atoms with Gasteiger partial charge < -0.3 is 4.90 Å². The van der Waals surface area contributed by atoms with Crippen molar-refractivity contribution in [3.8, 4) is 0 Å². The Kier molecular flexibility index (Phi) is 4.18. The van der Waals surface area contributed by atoms with E-state index >= 15 is 0 Å². The Hall–Kier alpha value is -0.870. The zero-order valence-electron chi connectivity index (χ0n) is 9.93. The van der Waals surface area contributed by atoms with Gasteiger partial charge in [0.25, 0.3) is 0 Å². The van der Waals surface area contributed by atoms with E-state index in [1.54, 1.807) is 11.3 Å². The largest absolute Gasteiger partial charge is 0.352 e. The Morgan fingerprint density at radius 2 is 2.24 bits per heavy atom. The average molecular weight is 311 g/mol. The molecule has 1 atom stereocenters. The average Bonchev–Trinajstić information content (AvgIpc) is 2.91. The minimum Gasteiger partial charge on any atom is -0.352 e. The molecule has 90 valence electrons. The molecule has 0 N–H and O–H groups in total. The highest BCUT2D eigenvalue weighted by Crippen LogP contribution is 2.26. The summed E-state index contributed by atoms with van der Waals surface area (Å²) in [4.78, 5) is 8.04. The van der Waals surface area contributed by atoms with Gasteiger partial charge in [0.15, 0.2) is 0 Å². The zero-order valence-corrected chi connectivity index (χ0v) is 12.3. The molecule has 0 bridgehead atoms. The van der Waals surface area contributed by atoms with Gasteiger partial charge in [0, 0.05) is 23.5 Å². The number of pyridine rings is 1. The molecule has 0 radical (unpaired) electrons. The standard InChI is InChI=1S/C13H15BrN2S/c1-10(12-4-3-7-17-12)16(2)13-6-5-11(8-14)9-15-13/h3-7,9-10H,8H2,1-2H3. The van der Waals surface area contributed by atoms with Crippen molar-refractivity contribution in [1.29, 1.82) is 0 Å². The first kappa shape index (κ1) is 12.6. The fourth-order valence-electron chi connectivity index (χ4n) is 1.62. The highest BCUT2D eigenvalue weighted by molar-refractivity contribution is 9.08. The molecule has 2 heterocycles. The highest BCUT2D eigenvalue weighted by Gasteiger charge is 2.13. The molecule has 0 saturated carbocycles. The van der Waals surface area contributed by atoms with Crippen LogP contribution in [0.5, 0.6) is 0 Å². The maximum atomic E-state index is 4.48. The van der Waals surface area contributed by atoms with Gasteiger partial charge in [-0.3, -0.25) is 0 Å². The van der Waals surface area contributed by atoms with Crippen molar-refractivity contribution >= 4 is 33.1 Å². The number of hydrogen-bond acceptors (Lipinski definition) is 3. The van der Waals surface area contributed by atoms with Gasteiger partial charge in [0.1, 0.15) is 5.82 Å². The Labute approximate surface area is 114 Å². The minimum absolute atomic E-state index is 0.359. The number of halogens is 1. The third-order valence-corrected chi connectivity index (χ3v) is 4.55. The van der Waals surface area contributed by atoms with Crippen LogP contribution in [0.2, 0.25) is 0 Å². The van der Waals surface area contributed by atoms with E-state index < -0.39 is 0 Å². The van der Waals surface area contributed by atoms with Crippen molar-refractivity contribution in [2.24, 2.45) is 0 Å². The molecular weight excluding hydrogens is 296 g/mol. The summed E-state index contributed by atoms with van der Waals surface area (Å²) in [5, 5.41) is 2.96. The predicted octanol–water partition coefficient (Wildman–Crippen LogP) is 4.24. The van der Waals surface area contributed by atoms with Gasteiger partial charge in [-0.1, -0.05) is 28.1 Å². The van der Waals surface area contributed by atoms with E-state index in [1.807, 2.05) is 6.20 Å². The second kappa shape index (κ2) is 5.65. The van der Waals surface area contributed by atoms with E-state index in [4.69, 9.17) is 0 Å². The number of hydrogen-bond donors (Lipinski definition) is 0. The van der Waals surface area contributed by atoms with E-state index in [0.29, 0.717) is 6.04 Å². The minimum atomic E-state index is 0.359. The lowest BCUT2D eigenvalue weighted by Crippen LogP contribution is -2.21. The maximum absolute atomic E-state index is 4.48. The lowest BCUT2D eigenvalue weighted by molar-refractivity contribution is 0.742. The molecule has 2 nitrogen and oxygen atoms in total. The second-order valence-electron chi connectivity index (χ2n) is 3.96. The summed E-state index contributed by atoms with van der Waals surface area (Å²) < 4.78 is 0. The van der Waals surface area contributed by atoms with Crippen LogP contribution in [0.15, 0.2) is 35.8 Å². The van der Waals surface area contributed by atoms with Gasteiger partial charge in [-0.15, -0.1) is 11.3 Å². The molecule has 2 aromatic rings. The molecule has 4 heteroatoms. The van der Waals surface area contributed by atoms with Crippen molar-refractivity contribution in [2.75, 3.05) is 11.9 Å². The molecule has 0 aliphatic rings. The molecule has 2 rings (SSSR count). The number of nitrogens with zero attached hydrogens (tertiary/aromatic N) is 2. The summed E-state index contributed by atoms with van der Waals surface area (Å²) in [5.74, 6) is 1.01. The number of alkyl halides is 1. The SMILES string of the molecule is CC(c1cccs1)N(C)c1ccc(CBr)cn1. The van der Waals surface area contributed by atoms with Crippen molar-refractivity contribution in [1.82, 2.24) is 4.98 Å². The van der Waals surface area contributed by atoms with Crippen LogP contribution < -0.4 is 4.90 Å². The van der Waals surface area contributed by atoms with Crippen LogP contribution in [-0.2, 0) is 5.33 Å². The van der Waals surface area contributed by atoms with Gasteiger partial charge in [0.2, 0.25) is 0 Å². The van der Waals surface area contributed by atoms with E-state index in [2.05, 4.69) is 69.4 Å². The number of thiophene rings is 1. The van der Waals surface area contributed by atoms with Gasteiger partial charge in [-0.25, -0.2) is 4.98 Å². The molecule has 0 aliphatic carbocycles. The molecule has 2 aromatic heterocycles. The molecule has 0 fully saturated rings. The summed E-state index contributed by atoms with van der Waals surface area (Å²) in [6.45, 7) is 2.20. The molecule has 0 aliphatic heterocycles. The monoisotopic (exact) mass is 310 g/mol. The lowest BCUT2D eigenvalue weighted by atomic mass is 10.2. The van der Waals surface area contributed by atoms with Crippen LogP contribution >= 0.6 is 27.3 Å². The molecule has 0 saturated heterocycles. The highest BCUT2D eigenvalue weighted by atomic mass is 79.9. The third-order valence-electron chi connectivity index (χ3n) is 2.86. The molecule has 17 heavy (non-hydrogen) atoms. The molecule has 0 spiro atoms. The third kappa shape index (κ3) is 2.87. The summed E-state index contributed by atoms with van der Waals surface area (Å²) in [6.07, 6.45) is 1.92. The van der Waals surface area contributed by atoms with Gasteiger partial charge >= 0.3 is 0 Å². The second-order valence-corrected chi connectivity index (χ2v) is 5.50. The van der Waals surface area contributed by atoms with Crippen molar-refractivity contribution in [2.45, 2.75) is 18.3 Å². The summed E-state index contributed by atoms with van der Waals surface area (Å²) in [5.41, 5.74) is 1.20. The summed E-state index contributed by atoms with van der Waals surface area (Å²) in [6, 6.07) is 8.79. The van der Waals surface area contributed by atoms with Crippen molar-refractivity contribution in [3.05, 3.63) is 46.3 Å². The normalized spacial score (nSPS) is 12.4. The van der Waals surface area contributed by atoms with Crippen molar-refractivity contribution in [3.63, 3.8) is 0 Å². The number of rotatable bonds is 4. The molecule has 0 amide bonds. The van der Waals surface area contributed by atoms with Gasteiger partial charge in [-0.2, -0.15) is 0 Å². The smallest absolute Gasteiger partial charge is 0.128 e. The lowest BCUT2D eigenvalue weighted by Gasteiger charge is -2.25. The van der Waals surface area contributed by atoms with Crippen LogP contribution in [-0.4, -0.2) is 12.0 Å². The quantitative estimate of drug-likeness (QED) is 0.785. The van der Waals surface area contributed by atoms with Crippen molar-refractivity contribution < 1.29 is 0 Å². The van der Waals surface area contributed by atoms with E-state index in [0.717, 1.165) is 11.1 Å². The van der Waals surface area contributed by atoms with E-state index in [1.165, 1.54) is 10.4 Å². The van der Waals surface area contributed by atoms with Crippen LogP contribution in [0.25, 0.3) is 0 Å². The zero-order chi connectivity index (χ0) is 12.3. The van der Waals surface area contributed by atoms with E-state index in [-0.39, 0.29) is 0 Å². The Morgan fingerprint density at radius 3 is 2.76 bits per heavy atom. The van der Waals surface area contributed by atoms with E-state index in [9.17, 15) is 0 Å². The first-order chi connectivity index (χ1) is 8.22. The first-order valence-electron chi connectivity index (χ1n) is 5.49. The van der Waals surface area contributed by atoms with Crippen LogP contribution in [0.1, 0.15) is 23.4 Å². The Balaban J connectivity index is 2.16. The fourth-order valence-corrected chi connectivity index (χ4v) is 2.78. The molecule has 0 aromatic carbocycles. The summed E-state index contributed by atoms with van der Waals surface area (Å²) >= 11 is 5.21. The first-order valence-corrected chi connectivity index (χ1v) is 7.49. The van der Waals surface area contributed by atoms with Crippen LogP contribution in [0, 0.1) is 0 Å². The summed E-state index contributed by atoms with van der Waals surface area (Å²) in [7, 11) is 2.08. The maximum Gasteiger partial charge on any atom is 0.128 e. The van der Waals surface area contributed by atoms with Crippen LogP contribution in [0.3, 0.4) is 0 Å². The molecular formula is C13H15BrN2S. The number of aromatic nitrogens is 1. The Bertz CT molecular complexity index is 453. The number of anilines is 1. The topological polar surface area (TPSA) is 16.1 Å².